The first-order valence-corrected chi connectivity index (χ1v) is 6.59. The summed E-state index contributed by atoms with van der Waals surface area (Å²) in [5.74, 6) is -0.0589. The van der Waals surface area contributed by atoms with E-state index in [0.29, 0.717) is 18.5 Å². The topological polar surface area (TPSA) is 46.2 Å². The fourth-order valence-corrected chi connectivity index (χ4v) is 1.47. The molecule has 1 N–H and O–H groups in total. The van der Waals surface area contributed by atoms with Gasteiger partial charge in [0.25, 0.3) is 0 Å². The van der Waals surface area contributed by atoms with E-state index < -0.39 is 0 Å². The quantitative estimate of drug-likeness (QED) is 0.470. The molecule has 1 amide bonds. The number of carbonyl (C=O) groups is 2. The summed E-state index contributed by atoms with van der Waals surface area (Å²) in [4.78, 5) is 23.0. The Balaban J connectivity index is 3.75. The van der Waals surface area contributed by atoms with Crippen LogP contribution in [0.2, 0.25) is 0 Å². The molecule has 0 spiro atoms. The Kier molecular flexibility index (Phi) is 9.40. The van der Waals surface area contributed by atoms with Gasteiger partial charge in [-0.3, -0.25) is 9.59 Å². The van der Waals surface area contributed by atoms with Crippen LogP contribution in [0.1, 0.15) is 58.8 Å². The third-order valence-electron chi connectivity index (χ3n) is 2.63. The molecule has 3 heteroatoms. The second kappa shape index (κ2) is 10.1. The molecule has 0 fully saturated rings. The van der Waals surface area contributed by atoms with Gasteiger partial charge in [0.05, 0.1) is 6.42 Å². The first-order chi connectivity index (χ1) is 8.11. The van der Waals surface area contributed by atoms with Crippen molar-refractivity contribution in [1.82, 2.24) is 5.32 Å². The Morgan fingerprint density at radius 2 is 1.71 bits per heavy atom. The van der Waals surface area contributed by atoms with E-state index in [-0.39, 0.29) is 18.1 Å². The van der Waals surface area contributed by atoms with Crippen LogP contribution in [0.4, 0.5) is 0 Å². The number of hydrogen-bond donors (Lipinski definition) is 1. The van der Waals surface area contributed by atoms with Gasteiger partial charge in [-0.15, -0.1) is 0 Å². The Morgan fingerprint density at radius 1 is 1.06 bits per heavy atom. The van der Waals surface area contributed by atoms with Crippen LogP contribution in [-0.2, 0) is 9.59 Å². The zero-order valence-corrected chi connectivity index (χ0v) is 11.2. The molecule has 0 saturated carbocycles. The highest BCUT2D eigenvalue weighted by molar-refractivity contribution is 5.99. The van der Waals surface area contributed by atoms with Gasteiger partial charge in [-0.1, -0.05) is 39.7 Å². The predicted octanol–water partition coefficient (Wildman–Crippen LogP) is 3.00. The summed E-state index contributed by atoms with van der Waals surface area (Å²) in [6.07, 6.45) is 5.74. The number of Topliss-reactive ketones (excluding diaryl/α,β-unsaturated/α-hetero) is 1. The number of rotatable bonds is 10. The van der Waals surface area contributed by atoms with Crippen molar-refractivity contribution in [1.29, 1.82) is 0 Å². The van der Waals surface area contributed by atoms with E-state index in [4.69, 9.17) is 0 Å². The molecule has 0 bridgehead atoms. The van der Waals surface area contributed by atoms with Crippen LogP contribution in [0.25, 0.3) is 0 Å². The van der Waals surface area contributed by atoms with Gasteiger partial charge in [-0.2, -0.15) is 0 Å². The van der Waals surface area contributed by atoms with Crippen LogP contribution in [0.15, 0.2) is 12.2 Å². The minimum absolute atomic E-state index is 0.0316. The molecular formula is C14H25NO2. The third-order valence-corrected chi connectivity index (χ3v) is 2.63. The fourth-order valence-electron chi connectivity index (χ4n) is 1.47. The third kappa shape index (κ3) is 8.66. The van der Waals surface area contributed by atoms with E-state index in [2.05, 4.69) is 25.7 Å². The Labute approximate surface area is 105 Å². The lowest BCUT2D eigenvalue weighted by Crippen LogP contribution is -2.25. The average Bonchev–Trinajstić information content (AvgIpc) is 2.29. The molecule has 0 aliphatic carbocycles. The Bertz CT molecular complexity index is 259. The normalized spacial score (nSPS) is 10.0. The van der Waals surface area contributed by atoms with Crippen molar-refractivity contribution in [3.05, 3.63) is 12.2 Å². The molecule has 3 nitrogen and oxygen atoms in total. The highest BCUT2D eigenvalue weighted by atomic mass is 16.2. The SMILES string of the molecule is C=C(CC(=O)NCCCC)C(=O)CCCCC. The Morgan fingerprint density at radius 3 is 2.29 bits per heavy atom. The first-order valence-electron chi connectivity index (χ1n) is 6.59. The molecule has 98 valence electrons. The first kappa shape index (κ1) is 15.9. The molecule has 0 aromatic carbocycles. The zero-order valence-electron chi connectivity index (χ0n) is 11.2. The van der Waals surface area contributed by atoms with Crippen LogP contribution >= 0.6 is 0 Å². The summed E-state index contributed by atoms with van der Waals surface area (Å²) in [7, 11) is 0. The average molecular weight is 239 g/mol. The molecular weight excluding hydrogens is 214 g/mol. The minimum atomic E-state index is -0.0905. The molecule has 0 aliphatic rings. The maximum absolute atomic E-state index is 11.6. The smallest absolute Gasteiger partial charge is 0.224 e. The fraction of sp³-hybridized carbons (Fsp3) is 0.714. The van der Waals surface area contributed by atoms with Crippen LogP contribution in [0.3, 0.4) is 0 Å². The second-order valence-electron chi connectivity index (χ2n) is 4.36. The largest absolute Gasteiger partial charge is 0.356 e. The molecule has 17 heavy (non-hydrogen) atoms. The van der Waals surface area contributed by atoms with Crippen molar-refractivity contribution in [2.45, 2.75) is 58.8 Å². The molecule has 0 rings (SSSR count). The molecule has 0 aromatic heterocycles. The van der Waals surface area contributed by atoms with Crippen molar-refractivity contribution in [2.24, 2.45) is 0 Å². The summed E-state index contributed by atoms with van der Waals surface area (Å²) in [5.41, 5.74) is 0.440. The summed E-state index contributed by atoms with van der Waals surface area (Å²) in [6, 6.07) is 0. The number of ketones is 1. The van der Waals surface area contributed by atoms with E-state index in [9.17, 15) is 9.59 Å². The maximum atomic E-state index is 11.6. The van der Waals surface area contributed by atoms with Gasteiger partial charge in [0.15, 0.2) is 5.78 Å². The van der Waals surface area contributed by atoms with Crippen molar-refractivity contribution < 1.29 is 9.59 Å². The highest BCUT2D eigenvalue weighted by Crippen LogP contribution is 2.07. The van der Waals surface area contributed by atoms with Crippen molar-refractivity contribution in [3.8, 4) is 0 Å². The van der Waals surface area contributed by atoms with Crippen LogP contribution in [-0.4, -0.2) is 18.2 Å². The van der Waals surface area contributed by atoms with Gasteiger partial charge in [0, 0.05) is 13.0 Å². The number of hydrogen-bond acceptors (Lipinski definition) is 2. The summed E-state index contributed by atoms with van der Waals surface area (Å²) < 4.78 is 0. The summed E-state index contributed by atoms with van der Waals surface area (Å²) in [6.45, 7) is 8.55. The number of carbonyl (C=O) groups excluding carboxylic acids is 2. The lowest BCUT2D eigenvalue weighted by atomic mass is 10.0. The monoisotopic (exact) mass is 239 g/mol. The molecule has 0 saturated heterocycles. The molecule has 0 atom stereocenters. The van der Waals surface area contributed by atoms with Gasteiger partial charge in [0.2, 0.25) is 5.91 Å². The molecule has 0 aromatic rings. The number of unbranched alkanes of at least 4 members (excludes halogenated alkanes) is 3. The highest BCUT2D eigenvalue weighted by Gasteiger charge is 2.10. The van der Waals surface area contributed by atoms with Crippen molar-refractivity contribution in [3.63, 3.8) is 0 Å². The Hall–Kier alpha value is -1.12. The maximum Gasteiger partial charge on any atom is 0.224 e. The van der Waals surface area contributed by atoms with Gasteiger partial charge in [-0.25, -0.2) is 0 Å². The van der Waals surface area contributed by atoms with Crippen LogP contribution in [0, 0.1) is 0 Å². The zero-order chi connectivity index (χ0) is 13.1. The lowest BCUT2D eigenvalue weighted by Gasteiger charge is -2.06. The van der Waals surface area contributed by atoms with E-state index in [1.165, 1.54) is 0 Å². The van der Waals surface area contributed by atoms with Crippen LogP contribution < -0.4 is 5.32 Å². The summed E-state index contributed by atoms with van der Waals surface area (Å²) >= 11 is 0. The predicted molar refractivity (Wildman–Crippen MR) is 70.8 cm³/mol. The summed E-state index contributed by atoms with van der Waals surface area (Å²) in [5, 5.41) is 2.78. The molecule has 0 heterocycles. The standard InChI is InChI=1S/C14H25NO2/c1-4-6-8-9-13(16)12(3)11-14(17)15-10-7-5-2/h3-11H2,1-2H3,(H,15,17). The van der Waals surface area contributed by atoms with Crippen LogP contribution in [0.5, 0.6) is 0 Å². The van der Waals surface area contributed by atoms with Crippen molar-refractivity contribution >= 4 is 11.7 Å². The minimum Gasteiger partial charge on any atom is -0.356 e. The van der Waals surface area contributed by atoms with E-state index in [1.54, 1.807) is 0 Å². The molecule has 0 radical (unpaired) electrons. The number of amides is 1. The molecule has 0 unspecified atom stereocenters. The van der Waals surface area contributed by atoms with E-state index in [0.717, 1.165) is 32.1 Å². The second-order valence-corrected chi connectivity index (χ2v) is 4.36. The van der Waals surface area contributed by atoms with Crippen molar-refractivity contribution in [2.75, 3.05) is 6.54 Å². The van der Waals surface area contributed by atoms with Gasteiger partial charge in [0.1, 0.15) is 0 Å². The van der Waals surface area contributed by atoms with E-state index >= 15 is 0 Å². The molecule has 0 aliphatic heterocycles. The van der Waals surface area contributed by atoms with Gasteiger partial charge >= 0.3 is 0 Å². The lowest BCUT2D eigenvalue weighted by molar-refractivity contribution is -0.122. The van der Waals surface area contributed by atoms with Gasteiger partial charge in [-0.05, 0) is 18.4 Å². The number of nitrogens with one attached hydrogen (secondary N) is 1. The van der Waals surface area contributed by atoms with Gasteiger partial charge < -0.3 is 5.32 Å². The van der Waals surface area contributed by atoms with E-state index in [1.807, 2.05) is 0 Å².